The van der Waals surface area contributed by atoms with E-state index >= 15 is 0 Å². The van der Waals surface area contributed by atoms with E-state index in [-0.39, 0.29) is 5.56 Å². The van der Waals surface area contributed by atoms with Gasteiger partial charge in [0.15, 0.2) is 17.5 Å². The minimum absolute atomic E-state index is 0.135. The molecular formula is C20H16F3N3O. The van der Waals surface area contributed by atoms with E-state index < -0.39 is 29.0 Å². The Morgan fingerprint density at radius 3 is 2.37 bits per heavy atom. The number of amides is 1. The van der Waals surface area contributed by atoms with Crippen molar-refractivity contribution in [3.8, 4) is 0 Å². The van der Waals surface area contributed by atoms with Gasteiger partial charge in [-0.15, -0.1) is 0 Å². The molecule has 3 rings (SSSR count). The maximum absolute atomic E-state index is 13.7. The molecule has 7 heteroatoms. The number of nitrogens with zero attached hydrogens (tertiary/aromatic N) is 1. The van der Waals surface area contributed by atoms with Gasteiger partial charge in [-0.1, -0.05) is 18.2 Å². The summed E-state index contributed by atoms with van der Waals surface area (Å²) < 4.78 is 40.0. The number of rotatable bonds is 4. The summed E-state index contributed by atoms with van der Waals surface area (Å²) in [6.45, 7) is 3.90. The Morgan fingerprint density at radius 2 is 1.67 bits per heavy atom. The fourth-order valence-electron chi connectivity index (χ4n) is 2.61. The van der Waals surface area contributed by atoms with Crippen molar-refractivity contribution in [2.45, 2.75) is 13.8 Å². The lowest BCUT2D eigenvalue weighted by Crippen LogP contribution is -2.14. The standard InChI is InChI=1S/C20H16F3N3O/c1-11-4-3-5-12(2)19(11)25-14-8-13(9-24-10-14)20(27)26-16-7-6-15(21)17(22)18(16)23/h3-10,25H,1-2H3,(H,26,27). The molecule has 0 bridgehead atoms. The monoisotopic (exact) mass is 371 g/mol. The Labute approximate surface area is 154 Å². The topological polar surface area (TPSA) is 54.0 Å². The van der Waals surface area contributed by atoms with Crippen LogP contribution in [0.3, 0.4) is 0 Å². The van der Waals surface area contributed by atoms with Crippen molar-refractivity contribution in [1.82, 2.24) is 4.98 Å². The molecule has 3 aromatic rings. The minimum Gasteiger partial charge on any atom is -0.354 e. The highest BCUT2D eigenvalue weighted by Gasteiger charge is 2.16. The molecule has 0 radical (unpaired) electrons. The van der Waals surface area contributed by atoms with E-state index in [1.165, 1.54) is 12.3 Å². The summed E-state index contributed by atoms with van der Waals surface area (Å²) in [7, 11) is 0. The molecular weight excluding hydrogens is 355 g/mol. The number of carbonyl (C=O) groups is 1. The van der Waals surface area contributed by atoms with Gasteiger partial charge in [-0.25, -0.2) is 13.2 Å². The number of carbonyl (C=O) groups excluding carboxylic acids is 1. The van der Waals surface area contributed by atoms with Crippen LogP contribution in [0.4, 0.5) is 30.2 Å². The van der Waals surface area contributed by atoms with Crippen molar-refractivity contribution in [3.05, 3.63) is 82.9 Å². The number of aromatic nitrogens is 1. The highest BCUT2D eigenvalue weighted by atomic mass is 19.2. The van der Waals surface area contributed by atoms with Crippen LogP contribution < -0.4 is 10.6 Å². The first kappa shape index (κ1) is 18.4. The van der Waals surface area contributed by atoms with Crippen molar-refractivity contribution in [2.75, 3.05) is 10.6 Å². The van der Waals surface area contributed by atoms with Crippen LogP contribution >= 0.6 is 0 Å². The molecule has 2 N–H and O–H groups in total. The summed E-state index contributed by atoms with van der Waals surface area (Å²) in [5.74, 6) is -5.12. The molecule has 0 unspecified atom stereocenters. The molecule has 138 valence electrons. The average Bonchev–Trinajstić information content (AvgIpc) is 2.65. The SMILES string of the molecule is Cc1cccc(C)c1Nc1cncc(C(=O)Nc2ccc(F)c(F)c2F)c1. The molecule has 2 aromatic carbocycles. The normalized spacial score (nSPS) is 10.6. The first-order valence-corrected chi connectivity index (χ1v) is 8.10. The van der Waals surface area contributed by atoms with Crippen LogP contribution in [-0.2, 0) is 0 Å². The Kier molecular flexibility index (Phi) is 5.12. The zero-order valence-electron chi connectivity index (χ0n) is 14.6. The quantitative estimate of drug-likeness (QED) is 0.627. The summed E-state index contributed by atoms with van der Waals surface area (Å²) in [6.07, 6.45) is 2.84. The number of aryl methyl sites for hydroxylation is 2. The molecule has 0 saturated heterocycles. The second kappa shape index (κ2) is 7.49. The molecule has 1 amide bonds. The number of hydrogen-bond acceptors (Lipinski definition) is 3. The summed E-state index contributed by atoms with van der Waals surface area (Å²) in [5, 5.41) is 5.42. The zero-order valence-corrected chi connectivity index (χ0v) is 14.6. The van der Waals surface area contributed by atoms with Crippen LogP contribution in [0.2, 0.25) is 0 Å². The molecule has 0 spiro atoms. The van der Waals surface area contributed by atoms with Gasteiger partial charge in [0.2, 0.25) is 0 Å². The average molecular weight is 371 g/mol. The van der Waals surface area contributed by atoms with Crippen LogP contribution in [0.25, 0.3) is 0 Å². The van der Waals surface area contributed by atoms with Crippen LogP contribution in [0.1, 0.15) is 21.5 Å². The van der Waals surface area contributed by atoms with Crippen LogP contribution in [0, 0.1) is 31.3 Å². The lowest BCUT2D eigenvalue weighted by molar-refractivity contribution is 0.102. The van der Waals surface area contributed by atoms with Crippen LogP contribution in [0.5, 0.6) is 0 Å². The Bertz CT molecular complexity index is 1000. The third-order valence-electron chi connectivity index (χ3n) is 4.03. The molecule has 1 heterocycles. The second-order valence-corrected chi connectivity index (χ2v) is 6.03. The number of benzene rings is 2. The number of pyridine rings is 1. The van der Waals surface area contributed by atoms with E-state index in [1.54, 1.807) is 6.20 Å². The fourth-order valence-corrected chi connectivity index (χ4v) is 2.61. The van der Waals surface area contributed by atoms with Crippen molar-refractivity contribution >= 4 is 23.0 Å². The summed E-state index contributed by atoms with van der Waals surface area (Å²) in [5.41, 5.74) is 3.18. The van der Waals surface area contributed by atoms with Gasteiger partial charge < -0.3 is 10.6 Å². The molecule has 0 fully saturated rings. The number of para-hydroxylation sites is 1. The molecule has 0 aliphatic heterocycles. The summed E-state index contributed by atoms with van der Waals surface area (Å²) >= 11 is 0. The number of anilines is 3. The van der Waals surface area contributed by atoms with Gasteiger partial charge in [-0.2, -0.15) is 0 Å². The molecule has 0 atom stereocenters. The Morgan fingerprint density at radius 1 is 0.963 bits per heavy atom. The maximum atomic E-state index is 13.7. The van der Waals surface area contributed by atoms with Crippen LogP contribution in [-0.4, -0.2) is 10.9 Å². The Hall–Kier alpha value is -3.35. The largest absolute Gasteiger partial charge is 0.354 e. The van der Waals surface area contributed by atoms with Crippen molar-refractivity contribution in [3.63, 3.8) is 0 Å². The first-order chi connectivity index (χ1) is 12.9. The third-order valence-corrected chi connectivity index (χ3v) is 4.03. The van der Waals surface area contributed by atoms with E-state index in [0.29, 0.717) is 5.69 Å². The fraction of sp³-hybridized carbons (Fsp3) is 0.100. The third kappa shape index (κ3) is 3.92. The van der Waals surface area contributed by atoms with E-state index in [9.17, 15) is 18.0 Å². The van der Waals surface area contributed by atoms with Gasteiger partial charge in [0.1, 0.15) is 0 Å². The predicted octanol–water partition coefficient (Wildman–Crippen LogP) is 5.11. The van der Waals surface area contributed by atoms with Gasteiger partial charge in [-0.05, 0) is 43.2 Å². The van der Waals surface area contributed by atoms with Gasteiger partial charge in [0.25, 0.3) is 5.91 Å². The smallest absolute Gasteiger partial charge is 0.257 e. The number of halogens is 3. The molecule has 4 nitrogen and oxygen atoms in total. The number of hydrogen-bond donors (Lipinski definition) is 2. The molecule has 27 heavy (non-hydrogen) atoms. The van der Waals surface area contributed by atoms with Gasteiger partial charge >= 0.3 is 0 Å². The van der Waals surface area contributed by atoms with Gasteiger partial charge in [-0.3, -0.25) is 9.78 Å². The molecule has 0 aliphatic rings. The number of nitrogens with one attached hydrogen (secondary N) is 2. The van der Waals surface area contributed by atoms with Crippen molar-refractivity contribution in [2.24, 2.45) is 0 Å². The van der Waals surface area contributed by atoms with Gasteiger partial charge in [0.05, 0.1) is 23.1 Å². The Balaban J connectivity index is 1.83. The van der Waals surface area contributed by atoms with E-state index in [0.717, 1.165) is 28.9 Å². The highest BCUT2D eigenvalue weighted by Crippen LogP contribution is 2.25. The van der Waals surface area contributed by atoms with Crippen LogP contribution in [0.15, 0.2) is 48.8 Å². The zero-order chi connectivity index (χ0) is 19.6. The second-order valence-electron chi connectivity index (χ2n) is 6.03. The lowest BCUT2D eigenvalue weighted by Gasteiger charge is -2.13. The molecule has 1 aromatic heterocycles. The summed E-state index contributed by atoms with van der Waals surface area (Å²) in [6, 6.07) is 9.07. The van der Waals surface area contributed by atoms with E-state index in [4.69, 9.17) is 0 Å². The predicted molar refractivity (Wildman–Crippen MR) is 97.7 cm³/mol. The first-order valence-electron chi connectivity index (χ1n) is 8.10. The lowest BCUT2D eigenvalue weighted by atomic mass is 10.1. The molecule has 0 saturated carbocycles. The highest BCUT2D eigenvalue weighted by molar-refractivity contribution is 6.04. The van der Waals surface area contributed by atoms with Gasteiger partial charge in [0, 0.05) is 11.9 Å². The summed E-state index contributed by atoms with van der Waals surface area (Å²) in [4.78, 5) is 16.3. The molecule has 0 aliphatic carbocycles. The van der Waals surface area contributed by atoms with E-state index in [2.05, 4.69) is 15.6 Å². The maximum Gasteiger partial charge on any atom is 0.257 e. The van der Waals surface area contributed by atoms with Crippen molar-refractivity contribution in [1.29, 1.82) is 0 Å². The van der Waals surface area contributed by atoms with E-state index in [1.807, 2.05) is 32.0 Å². The minimum atomic E-state index is -1.64. The van der Waals surface area contributed by atoms with Crippen molar-refractivity contribution < 1.29 is 18.0 Å².